The van der Waals surface area contributed by atoms with Crippen LogP contribution >= 0.6 is 11.6 Å². The number of para-hydroxylation sites is 1. The number of phenolic OH excluding ortho intramolecular Hbond substituents is 1. The number of aromatic hydroxyl groups is 1. The lowest BCUT2D eigenvalue weighted by atomic mass is 9.85. The van der Waals surface area contributed by atoms with Crippen molar-refractivity contribution in [1.82, 2.24) is 0 Å². The molecule has 0 spiro atoms. The molecule has 2 rings (SSSR count). The van der Waals surface area contributed by atoms with Crippen LogP contribution in [0.25, 0.3) is 0 Å². The third-order valence-electron chi connectivity index (χ3n) is 4.21. The maximum absolute atomic E-state index is 12.6. The Morgan fingerprint density at radius 3 is 2.38 bits per heavy atom. The van der Waals surface area contributed by atoms with E-state index in [0.29, 0.717) is 12.3 Å². The lowest BCUT2D eigenvalue weighted by Gasteiger charge is -2.22. The van der Waals surface area contributed by atoms with Crippen LogP contribution in [0.15, 0.2) is 48.5 Å². The molecule has 0 radical (unpaired) electrons. The fourth-order valence-corrected chi connectivity index (χ4v) is 3.10. The van der Waals surface area contributed by atoms with Crippen molar-refractivity contribution in [3.63, 3.8) is 0 Å². The Labute approximate surface area is 147 Å². The van der Waals surface area contributed by atoms with Crippen LogP contribution in [0.2, 0.25) is 0 Å². The minimum absolute atomic E-state index is 0.103. The fraction of sp³-hybridized carbons (Fsp3) is 0.350. The Bertz CT molecular complexity index is 667. The summed E-state index contributed by atoms with van der Waals surface area (Å²) in [6.07, 6.45) is 1.14. The van der Waals surface area contributed by atoms with Crippen molar-refractivity contribution in [2.45, 2.75) is 38.2 Å². The van der Waals surface area contributed by atoms with E-state index >= 15 is 0 Å². The first-order valence-electron chi connectivity index (χ1n) is 8.23. The number of carbonyl (C=O) groups is 1. The zero-order valence-corrected chi connectivity index (χ0v) is 14.5. The summed E-state index contributed by atoms with van der Waals surface area (Å²) in [5, 5.41) is 20.5. The molecule has 4 heteroatoms. The van der Waals surface area contributed by atoms with Crippen molar-refractivity contribution in [2.24, 2.45) is 0 Å². The summed E-state index contributed by atoms with van der Waals surface area (Å²) in [6.45, 7) is 2.02. The topological polar surface area (TPSA) is 57.5 Å². The summed E-state index contributed by atoms with van der Waals surface area (Å²) in [6, 6.07) is 14.2. The first-order chi connectivity index (χ1) is 11.6. The van der Waals surface area contributed by atoms with Gasteiger partial charge < -0.3 is 10.2 Å². The van der Waals surface area contributed by atoms with E-state index in [1.165, 1.54) is 12.1 Å². The molecular weight excluding hydrogens is 324 g/mol. The third kappa shape index (κ3) is 4.37. The summed E-state index contributed by atoms with van der Waals surface area (Å²) < 4.78 is 0. The van der Waals surface area contributed by atoms with Gasteiger partial charge in [-0.15, -0.1) is 11.6 Å². The van der Waals surface area contributed by atoms with Crippen LogP contribution < -0.4 is 0 Å². The number of phenols is 1. The number of aliphatic hydroxyl groups is 1. The van der Waals surface area contributed by atoms with Gasteiger partial charge in [-0.3, -0.25) is 4.79 Å². The third-order valence-corrected chi connectivity index (χ3v) is 4.40. The van der Waals surface area contributed by atoms with Crippen molar-refractivity contribution < 1.29 is 15.0 Å². The highest BCUT2D eigenvalue weighted by Crippen LogP contribution is 2.29. The molecule has 2 N–H and O–H groups in total. The molecule has 0 amide bonds. The van der Waals surface area contributed by atoms with Gasteiger partial charge >= 0.3 is 0 Å². The number of hydrogen-bond acceptors (Lipinski definition) is 3. The van der Waals surface area contributed by atoms with Crippen LogP contribution in [0.1, 0.15) is 47.2 Å². The van der Waals surface area contributed by atoms with E-state index in [4.69, 9.17) is 11.6 Å². The van der Waals surface area contributed by atoms with E-state index in [1.54, 1.807) is 12.1 Å². The van der Waals surface area contributed by atoms with Gasteiger partial charge in [-0.2, -0.15) is 0 Å². The number of halogens is 1. The Hall–Kier alpha value is -1.84. The van der Waals surface area contributed by atoms with Gasteiger partial charge in [-0.05, 0) is 36.1 Å². The molecule has 2 atom stereocenters. The number of ketones is 1. The van der Waals surface area contributed by atoms with Crippen molar-refractivity contribution >= 4 is 17.4 Å². The number of hydrogen-bond donors (Lipinski definition) is 2. The highest BCUT2D eigenvalue weighted by atomic mass is 35.5. The average molecular weight is 347 g/mol. The lowest BCUT2D eigenvalue weighted by Crippen LogP contribution is -2.28. The van der Waals surface area contributed by atoms with Gasteiger partial charge in [0.2, 0.25) is 0 Å². The molecule has 0 saturated heterocycles. The van der Waals surface area contributed by atoms with Crippen LogP contribution in [-0.4, -0.2) is 28.0 Å². The molecule has 128 valence electrons. The van der Waals surface area contributed by atoms with Crippen molar-refractivity contribution in [3.05, 3.63) is 65.2 Å². The van der Waals surface area contributed by atoms with Gasteiger partial charge in [0, 0.05) is 11.8 Å². The molecule has 0 aliphatic carbocycles. The monoisotopic (exact) mass is 346 g/mol. The maximum Gasteiger partial charge on any atom is 0.195 e. The van der Waals surface area contributed by atoms with Crippen LogP contribution in [0.5, 0.6) is 5.75 Å². The Balaban J connectivity index is 2.25. The number of Topliss-reactive ketones (excluding diaryl/α,β-unsaturated/α-hetero) is 1. The van der Waals surface area contributed by atoms with E-state index in [0.717, 1.165) is 24.0 Å². The first-order valence-corrected chi connectivity index (χ1v) is 8.77. The second-order valence-electron chi connectivity index (χ2n) is 5.90. The summed E-state index contributed by atoms with van der Waals surface area (Å²) in [5.74, 6) is -0.288. The summed E-state index contributed by atoms with van der Waals surface area (Å²) in [4.78, 5) is 12.6. The maximum atomic E-state index is 12.6. The molecule has 0 fully saturated rings. The molecule has 0 aliphatic heterocycles. The molecule has 0 bridgehead atoms. The number of carbonyl (C=O) groups excluding carboxylic acids is 1. The van der Waals surface area contributed by atoms with E-state index in [9.17, 15) is 15.0 Å². The smallest absolute Gasteiger partial charge is 0.195 e. The molecule has 0 saturated carbocycles. The molecule has 0 aliphatic rings. The molecule has 3 nitrogen and oxygen atoms in total. The van der Waals surface area contributed by atoms with Gasteiger partial charge in [0.15, 0.2) is 5.78 Å². The lowest BCUT2D eigenvalue weighted by molar-refractivity contribution is 0.0677. The highest BCUT2D eigenvalue weighted by molar-refractivity contribution is 6.17. The largest absolute Gasteiger partial charge is 0.507 e. The Kier molecular flexibility index (Phi) is 6.83. The normalized spacial score (nSPS) is 13.5. The first kappa shape index (κ1) is 18.5. The van der Waals surface area contributed by atoms with Crippen LogP contribution in [0, 0.1) is 0 Å². The molecule has 0 aromatic heterocycles. The highest BCUT2D eigenvalue weighted by Gasteiger charge is 2.29. The van der Waals surface area contributed by atoms with Crippen LogP contribution in [-0.2, 0) is 6.42 Å². The van der Waals surface area contributed by atoms with Gasteiger partial charge in [-0.25, -0.2) is 0 Å². The Morgan fingerprint density at radius 2 is 1.79 bits per heavy atom. The minimum atomic E-state index is -1.18. The molecule has 24 heavy (non-hydrogen) atoms. The quantitative estimate of drug-likeness (QED) is 0.553. The second kappa shape index (κ2) is 8.86. The molecular formula is C20H23ClO3. The SMILES string of the molecule is CCCC(c1ccc(CCCl)cc1)C(O)C(=O)c1ccccc1O. The molecule has 0 heterocycles. The van der Waals surface area contributed by atoms with E-state index in [-0.39, 0.29) is 17.2 Å². The van der Waals surface area contributed by atoms with Crippen LogP contribution in [0.3, 0.4) is 0 Å². The van der Waals surface area contributed by atoms with Crippen LogP contribution in [0.4, 0.5) is 0 Å². The summed E-state index contributed by atoms with van der Waals surface area (Å²) in [7, 11) is 0. The number of aliphatic hydroxyl groups excluding tert-OH is 1. The van der Waals surface area contributed by atoms with Crippen molar-refractivity contribution in [2.75, 3.05) is 5.88 Å². The van der Waals surface area contributed by atoms with Crippen molar-refractivity contribution in [1.29, 1.82) is 0 Å². The van der Waals surface area contributed by atoms with E-state index in [2.05, 4.69) is 0 Å². The molecule has 2 unspecified atom stereocenters. The second-order valence-corrected chi connectivity index (χ2v) is 6.28. The molecule has 2 aromatic rings. The number of alkyl halides is 1. The van der Waals surface area contributed by atoms with Crippen molar-refractivity contribution in [3.8, 4) is 5.75 Å². The standard InChI is InChI=1S/C20H23ClO3/c1-2-5-16(15-10-8-14(9-11-15)12-13-21)19(23)20(24)17-6-3-4-7-18(17)22/h3-4,6-11,16,19,22-23H,2,5,12-13H2,1H3. The minimum Gasteiger partial charge on any atom is -0.507 e. The van der Waals surface area contributed by atoms with Gasteiger partial charge in [0.1, 0.15) is 11.9 Å². The average Bonchev–Trinajstić information content (AvgIpc) is 2.60. The van der Waals surface area contributed by atoms with E-state index in [1.807, 2.05) is 31.2 Å². The Morgan fingerprint density at radius 1 is 1.12 bits per heavy atom. The zero-order valence-electron chi connectivity index (χ0n) is 13.8. The predicted octanol–water partition coefficient (Wildman–Crippen LogP) is 4.30. The van der Waals surface area contributed by atoms with E-state index < -0.39 is 11.9 Å². The fourth-order valence-electron chi connectivity index (χ4n) is 2.88. The summed E-state index contributed by atoms with van der Waals surface area (Å²) >= 11 is 5.75. The number of rotatable bonds is 8. The number of aryl methyl sites for hydroxylation is 1. The van der Waals surface area contributed by atoms with Gasteiger partial charge in [-0.1, -0.05) is 49.7 Å². The number of benzene rings is 2. The predicted molar refractivity (Wildman–Crippen MR) is 97.0 cm³/mol. The zero-order chi connectivity index (χ0) is 17.5. The summed E-state index contributed by atoms with van der Waals surface area (Å²) in [5.41, 5.74) is 2.21. The van der Waals surface area contributed by atoms with Gasteiger partial charge in [0.05, 0.1) is 5.56 Å². The molecule has 2 aromatic carbocycles. The van der Waals surface area contributed by atoms with Gasteiger partial charge in [0.25, 0.3) is 0 Å².